The van der Waals surface area contributed by atoms with Crippen LogP contribution in [-0.4, -0.2) is 40.9 Å². The van der Waals surface area contributed by atoms with E-state index < -0.39 is 0 Å². The molecular weight excluding hydrogens is 428 g/mol. The van der Waals surface area contributed by atoms with Crippen molar-refractivity contribution in [1.29, 1.82) is 0 Å². The summed E-state index contributed by atoms with van der Waals surface area (Å²) in [5.74, 6) is 1.67. The van der Waals surface area contributed by atoms with Crippen molar-refractivity contribution in [2.45, 2.75) is 19.9 Å². The summed E-state index contributed by atoms with van der Waals surface area (Å²) in [4.78, 5) is 26.9. The molecule has 2 heterocycles. The molecule has 0 bridgehead atoms. The summed E-state index contributed by atoms with van der Waals surface area (Å²) in [5, 5.41) is 0. The van der Waals surface area contributed by atoms with Gasteiger partial charge in [-0.15, -0.1) is 0 Å². The van der Waals surface area contributed by atoms with E-state index in [1.165, 1.54) is 0 Å². The molecule has 0 spiro atoms. The number of amides is 1. The minimum atomic E-state index is 0.0281. The number of rotatable bonds is 4. The van der Waals surface area contributed by atoms with Crippen molar-refractivity contribution < 1.29 is 4.79 Å². The molecule has 0 unspecified atom stereocenters. The molecule has 3 aromatic rings. The van der Waals surface area contributed by atoms with Gasteiger partial charge < -0.3 is 9.80 Å². The van der Waals surface area contributed by atoms with E-state index in [-0.39, 0.29) is 5.91 Å². The van der Waals surface area contributed by atoms with Gasteiger partial charge in [-0.05, 0) is 35.0 Å². The monoisotopic (exact) mass is 450 g/mol. The van der Waals surface area contributed by atoms with E-state index >= 15 is 0 Å². The van der Waals surface area contributed by atoms with E-state index in [1.54, 1.807) is 0 Å². The van der Waals surface area contributed by atoms with Gasteiger partial charge in [-0.2, -0.15) is 0 Å². The molecule has 4 rings (SSSR count). The van der Waals surface area contributed by atoms with Gasteiger partial charge in [0.1, 0.15) is 5.82 Å². The molecule has 1 aliphatic rings. The number of hydrogen-bond donors (Lipinski definition) is 0. The Kier molecular flexibility index (Phi) is 5.62. The first-order valence-electron chi connectivity index (χ1n) is 9.78. The Bertz CT molecular complexity index is 1040. The van der Waals surface area contributed by atoms with Crippen molar-refractivity contribution in [2.75, 3.05) is 25.0 Å². The average molecular weight is 451 g/mol. The van der Waals surface area contributed by atoms with Crippen LogP contribution >= 0.6 is 15.9 Å². The lowest BCUT2D eigenvalue weighted by Crippen LogP contribution is -2.38. The molecule has 0 fully saturated rings. The number of halogens is 1. The molecule has 6 heteroatoms. The Morgan fingerprint density at radius 1 is 1.10 bits per heavy atom. The first kappa shape index (κ1) is 19.6. The maximum atomic E-state index is 13.1. The van der Waals surface area contributed by atoms with Crippen LogP contribution in [0, 0.1) is 0 Å². The molecular formula is C23H23BrN4O. The number of aromatic nitrogens is 2. The van der Waals surface area contributed by atoms with Gasteiger partial charge in [0.2, 0.25) is 0 Å². The van der Waals surface area contributed by atoms with Crippen LogP contribution in [0.4, 0.5) is 5.82 Å². The molecule has 1 amide bonds. The van der Waals surface area contributed by atoms with Gasteiger partial charge in [0.25, 0.3) is 5.91 Å². The van der Waals surface area contributed by atoms with Crippen molar-refractivity contribution in [3.05, 3.63) is 75.9 Å². The van der Waals surface area contributed by atoms with E-state index in [0.29, 0.717) is 18.7 Å². The summed E-state index contributed by atoms with van der Waals surface area (Å²) >= 11 is 3.50. The Hall–Kier alpha value is -2.73. The molecule has 0 saturated heterocycles. The number of hydrogen-bond acceptors (Lipinski definition) is 4. The summed E-state index contributed by atoms with van der Waals surface area (Å²) in [5.41, 5.74) is 3.77. The van der Waals surface area contributed by atoms with Crippen molar-refractivity contribution in [2.24, 2.45) is 0 Å². The van der Waals surface area contributed by atoms with Gasteiger partial charge in [0.05, 0.1) is 17.8 Å². The quantitative estimate of drug-likeness (QED) is 0.584. The minimum Gasteiger partial charge on any atom is -0.360 e. The lowest BCUT2D eigenvalue weighted by molar-refractivity contribution is 0.0732. The van der Waals surface area contributed by atoms with Gasteiger partial charge in [0.15, 0.2) is 5.82 Å². The van der Waals surface area contributed by atoms with E-state index in [1.807, 2.05) is 66.5 Å². The summed E-state index contributed by atoms with van der Waals surface area (Å²) in [7, 11) is 2.03. The fourth-order valence-electron chi connectivity index (χ4n) is 3.56. The number of nitrogens with zero attached hydrogens (tertiary/aromatic N) is 4. The zero-order valence-corrected chi connectivity index (χ0v) is 18.2. The largest absolute Gasteiger partial charge is 0.360 e. The lowest BCUT2D eigenvalue weighted by atomic mass is 10.0. The molecule has 0 aliphatic carbocycles. The van der Waals surface area contributed by atoms with Crippen molar-refractivity contribution in [1.82, 2.24) is 14.9 Å². The Balaban J connectivity index is 1.72. The maximum Gasteiger partial charge on any atom is 0.255 e. The van der Waals surface area contributed by atoms with Crippen LogP contribution in [0.5, 0.6) is 0 Å². The molecule has 1 aromatic heterocycles. The third kappa shape index (κ3) is 3.90. The lowest BCUT2D eigenvalue weighted by Gasteiger charge is -2.32. The molecule has 148 valence electrons. The number of carbonyl (C=O) groups is 1. The molecule has 0 atom stereocenters. The SMILES string of the molecule is CCN(C)c1nc(-c2ccccc2)nc2c1CN(C(=O)c1ccccc1Br)CC2. The van der Waals surface area contributed by atoms with Crippen molar-refractivity contribution in [3.63, 3.8) is 0 Å². The molecule has 0 saturated carbocycles. The van der Waals surface area contributed by atoms with Gasteiger partial charge in [-0.3, -0.25) is 4.79 Å². The summed E-state index contributed by atoms with van der Waals surface area (Å²) in [6, 6.07) is 17.6. The van der Waals surface area contributed by atoms with Crippen LogP contribution in [0.25, 0.3) is 11.4 Å². The second-order valence-corrected chi connectivity index (χ2v) is 7.99. The standard InChI is InChI=1S/C23H23BrN4O/c1-3-27(2)22-18-15-28(23(29)17-11-7-8-12-19(17)24)14-13-20(18)25-21(26-22)16-9-5-4-6-10-16/h4-12H,3,13-15H2,1-2H3. The first-order chi connectivity index (χ1) is 14.1. The maximum absolute atomic E-state index is 13.1. The van der Waals surface area contributed by atoms with Crippen molar-refractivity contribution in [3.8, 4) is 11.4 Å². The van der Waals surface area contributed by atoms with Crippen LogP contribution in [0.3, 0.4) is 0 Å². The molecule has 5 nitrogen and oxygen atoms in total. The van der Waals surface area contributed by atoms with E-state index in [2.05, 4.69) is 27.8 Å². The second-order valence-electron chi connectivity index (χ2n) is 7.13. The third-order valence-corrected chi connectivity index (χ3v) is 5.99. The fourth-order valence-corrected chi connectivity index (χ4v) is 4.01. The van der Waals surface area contributed by atoms with E-state index in [0.717, 1.165) is 45.9 Å². The summed E-state index contributed by atoms with van der Waals surface area (Å²) < 4.78 is 0.817. The zero-order valence-electron chi connectivity index (χ0n) is 16.6. The molecule has 2 aromatic carbocycles. The number of anilines is 1. The first-order valence-corrected chi connectivity index (χ1v) is 10.6. The van der Waals surface area contributed by atoms with Crippen LogP contribution in [0.2, 0.25) is 0 Å². The Labute approximate surface area is 179 Å². The van der Waals surface area contributed by atoms with E-state index in [4.69, 9.17) is 9.97 Å². The smallest absolute Gasteiger partial charge is 0.255 e. The predicted octanol–water partition coefficient (Wildman–Crippen LogP) is 4.56. The highest BCUT2D eigenvalue weighted by Crippen LogP contribution is 2.30. The summed E-state index contributed by atoms with van der Waals surface area (Å²) in [6.45, 7) is 4.09. The molecule has 29 heavy (non-hydrogen) atoms. The summed E-state index contributed by atoms with van der Waals surface area (Å²) in [6.07, 6.45) is 0.721. The Morgan fingerprint density at radius 3 is 2.55 bits per heavy atom. The predicted molar refractivity (Wildman–Crippen MR) is 119 cm³/mol. The van der Waals surface area contributed by atoms with Crippen LogP contribution < -0.4 is 4.90 Å². The molecule has 0 radical (unpaired) electrons. The van der Waals surface area contributed by atoms with Crippen LogP contribution in [0.15, 0.2) is 59.1 Å². The highest BCUT2D eigenvalue weighted by molar-refractivity contribution is 9.10. The zero-order chi connectivity index (χ0) is 20.4. The highest BCUT2D eigenvalue weighted by Gasteiger charge is 2.28. The van der Waals surface area contributed by atoms with Gasteiger partial charge in [-0.25, -0.2) is 9.97 Å². The normalized spacial score (nSPS) is 13.1. The Morgan fingerprint density at radius 2 is 1.83 bits per heavy atom. The third-order valence-electron chi connectivity index (χ3n) is 5.30. The minimum absolute atomic E-state index is 0.0281. The number of fused-ring (bicyclic) bond motifs is 1. The average Bonchev–Trinajstić information content (AvgIpc) is 2.78. The second kappa shape index (κ2) is 8.33. The molecule has 0 N–H and O–H groups in total. The van der Waals surface area contributed by atoms with Crippen molar-refractivity contribution >= 4 is 27.7 Å². The van der Waals surface area contributed by atoms with Crippen LogP contribution in [-0.2, 0) is 13.0 Å². The topological polar surface area (TPSA) is 49.3 Å². The molecule has 1 aliphatic heterocycles. The van der Waals surface area contributed by atoms with Gasteiger partial charge in [-0.1, -0.05) is 42.5 Å². The van der Waals surface area contributed by atoms with Crippen LogP contribution in [0.1, 0.15) is 28.5 Å². The highest BCUT2D eigenvalue weighted by atomic mass is 79.9. The van der Waals surface area contributed by atoms with Gasteiger partial charge >= 0.3 is 0 Å². The number of benzene rings is 2. The van der Waals surface area contributed by atoms with Gasteiger partial charge in [0, 0.05) is 42.2 Å². The number of carbonyl (C=O) groups excluding carboxylic acids is 1. The van der Waals surface area contributed by atoms with E-state index in [9.17, 15) is 4.79 Å². The fraction of sp³-hybridized carbons (Fsp3) is 0.261.